The van der Waals surface area contributed by atoms with Crippen molar-refractivity contribution in [2.45, 2.75) is 18.4 Å². The molecule has 2 fully saturated rings. The van der Waals surface area contributed by atoms with Gasteiger partial charge in [0.15, 0.2) is 0 Å². The zero-order valence-electron chi connectivity index (χ0n) is 9.27. The van der Waals surface area contributed by atoms with Crippen LogP contribution in [-0.4, -0.2) is 39.6 Å². The van der Waals surface area contributed by atoms with Crippen LogP contribution in [0.15, 0.2) is 18.3 Å². The number of nitrogens with zero attached hydrogens (tertiary/aromatic N) is 2. The van der Waals surface area contributed by atoms with E-state index in [1.807, 2.05) is 0 Å². The minimum Gasteiger partial charge on any atom is -0.386 e. The number of aromatic nitrogens is 1. The van der Waals surface area contributed by atoms with Gasteiger partial charge in [-0.2, -0.15) is 0 Å². The SMILES string of the molecule is O=C(c1cc(Cl)ccn1)N1CC(O)(C2CC2)C1. The van der Waals surface area contributed by atoms with E-state index in [1.54, 1.807) is 17.0 Å². The Kier molecular flexibility index (Phi) is 2.38. The summed E-state index contributed by atoms with van der Waals surface area (Å²) in [6.45, 7) is 0.843. The van der Waals surface area contributed by atoms with E-state index in [4.69, 9.17) is 11.6 Å². The predicted molar refractivity (Wildman–Crippen MR) is 62.8 cm³/mol. The molecular formula is C12H13ClN2O2. The van der Waals surface area contributed by atoms with Gasteiger partial charge in [-0.3, -0.25) is 9.78 Å². The van der Waals surface area contributed by atoms with Crippen LogP contribution in [0.25, 0.3) is 0 Å². The standard InChI is InChI=1S/C12H13ClN2O2/c13-9-3-4-14-10(5-9)11(16)15-6-12(17,7-15)8-1-2-8/h3-5,8,17H,1-2,6-7H2. The van der Waals surface area contributed by atoms with Crippen LogP contribution in [0.1, 0.15) is 23.3 Å². The Bertz CT molecular complexity index is 467. The fraction of sp³-hybridized carbons (Fsp3) is 0.500. The summed E-state index contributed by atoms with van der Waals surface area (Å²) < 4.78 is 0. The number of β-amino-alcohol motifs (C(OH)–C–C–N with tert-alkyl or cyclic N) is 1. The Morgan fingerprint density at radius 1 is 1.53 bits per heavy atom. The van der Waals surface area contributed by atoms with Crippen molar-refractivity contribution in [3.05, 3.63) is 29.0 Å². The van der Waals surface area contributed by atoms with Crippen LogP contribution in [0.2, 0.25) is 5.02 Å². The van der Waals surface area contributed by atoms with Crippen LogP contribution in [0, 0.1) is 5.92 Å². The lowest BCUT2D eigenvalue weighted by Gasteiger charge is -2.46. The lowest BCUT2D eigenvalue weighted by atomic mass is 9.88. The van der Waals surface area contributed by atoms with E-state index >= 15 is 0 Å². The van der Waals surface area contributed by atoms with Gasteiger partial charge in [0.1, 0.15) is 11.3 Å². The van der Waals surface area contributed by atoms with Crippen LogP contribution in [0.4, 0.5) is 0 Å². The highest BCUT2D eigenvalue weighted by atomic mass is 35.5. The molecule has 0 unspecified atom stereocenters. The number of pyridine rings is 1. The average Bonchev–Trinajstić information content (AvgIpc) is 3.08. The molecule has 1 aliphatic heterocycles. The number of carbonyl (C=O) groups is 1. The number of halogens is 1. The van der Waals surface area contributed by atoms with E-state index in [-0.39, 0.29) is 5.91 Å². The number of hydrogen-bond donors (Lipinski definition) is 1. The number of aliphatic hydroxyl groups is 1. The van der Waals surface area contributed by atoms with Gasteiger partial charge in [0, 0.05) is 11.2 Å². The highest BCUT2D eigenvalue weighted by Crippen LogP contribution is 2.44. The molecular weight excluding hydrogens is 240 g/mol. The fourth-order valence-electron chi connectivity index (χ4n) is 2.32. The minimum absolute atomic E-state index is 0.155. The van der Waals surface area contributed by atoms with Gasteiger partial charge in [-0.25, -0.2) is 0 Å². The second-order valence-corrected chi connectivity index (χ2v) is 5.33. The smallest absolute Gasteiger partial charge is 0.272 e. The molecule has 5 heteroatoms. The summed E-state index contributed by atoms with van der Waals surface area (Å²) in [5, 5.41) is 10.6. The third-order valence-corrected chi connectivity index (χ3v) is 3.73. The maximum atomic E-state index is 12.0. The molecule has 1 aromatic rings. The maximum absolute atomic E-state index is 12.0. The van der Waals surface area contributed by atoms with Crippen LogP contribution in [0.5, 0.6) is 0 Å². The topological polar surface area (TPSA) is 53.4 Å². The summed E-state index contributed by atoms with van der Waals surface area (Å²) in [6.07, 6.45) is 3.67. The first-order valence-electron chi connectivity index (χ1n) is 5.72. The van der Waals surface area contributed by atoms with E-state index in [1.165, 1.54) is 6.20 Å². The van der Waals surface area contributed by atoms with Gasteiger partial charge in [0.25, 0.3) is 5.91 Å². The summed E-state index contributed by atoms with van der Waals surface area (Å²) >= 11 is 5.81. The summed E-state index contributed by atoms with van der Waals surface area (Å²) in [7, 11) is 0. The van der Waals surface area contributed by atoms with E-state index in [0.717, 1.165) is 12.8 Å². The van der Waals surface area contributed by atoms with Crippen LogP contribution < -0.4 is 0 Å². The Morgan fingerprint density at radius 3 is 2.82 bits per heavy atom. The molecule has 1 N–H and O–H groups in total. The number of rotatable bonds is 2. The van der Waals surface area contributed by atoms with E-state index in [2.05, 4.69) is 4.98 Å². The van der Waals surface area contributed by atoms with Gasteiger partial charge in [-0.05, 0) is 30.9 Å². The fourth-order valence-corrected chi connectivity index (χ4v) is 2.48. The van der Waals surface area contributed by atoms with Gasteiger partial charge in [0.2, 0.25) is 0 Å². The number of carbonyl (C=O) groups excluding carboxylic acids is 1. The lowest BCUT2D eigenvalue weighted by Crippen LogP contribution is -2.64. The first kappa shape index (κ1) is 11.0. The van der Waals surface area contributed by atoms with Crippen molar-refractivity contribution in [3.8, 4) is 0 Å². The highest BCUT2D eigenvalue weighted by Gasteiger charge is 2.53. The zero-order valence-corrected chi connectivity index (χ0v) is 10.0. The van der Waals surface area contributed by atoms with Crippen molar-refractivity contribution >= 4 is 17.5 Å². The molecule has 4 nitrogen and oxygen atoms in total. The van der Waals surface area contributed by atoms with E-state index < -0.39 is 5.60 Å². The lowest BCUT2D eigenvalue weighted by molar-refractivity contribution is -0.0959. The first-order valence-corrected chi connectivity index (χ1v) is 6.09. The molecule has 1 aromatic heterocycles. The van der Waals surface area contributed by atoms with Crippen LogP contribution >= 0.6 is 11.6 Å². The normalized spacial score (nSPS) is 22.1. The largest absolute Gasteiger partial charge is 0.386 e. The van der Waals surface area contributed by atoms with Crippen molar-refractivity contribution in [2.75, 3.05) is 13.1 Å². The molecule has 0 spiro atoms. The molecule has 0 aromatic carbocycles. The molecule has 1 saturated heterocycles. The van der Waals surface area contributed by atoms with Gasteiger partial charge >= 0.3 is 0 Å². The van der Waals surface area contributed by atoms with Crippen molar-refractivity contribution in [1.29, 1.82) is 0 Å². The van der Waals surface area contributed by atoms with Crippen molar-refractivity contribution in [2.24, 2.45) is 5.92 Å². The molecule has 1 saturated carbocycles. The third-order valence-electron chi connectivity index (χ3n) is 3.49. The number of likely N-dealkylation sites (tertiary alicyclic amines) is 1. The quantitative estimate of drug-likeness (QED) is 0.864. The summed E-state index contributed by atoms with van der Waals surface area (Å²) in [6, 6.07) is 3.19. The predicted octanol–water partition coefficient (Wildman–Crippen LogP) is 1.33. The Morgan fingerprint density at radius 2 is 2.24 bits per heavy atom. The highest BCUT2D eigenvalue weighted by molar-refractivity contribution is 6.30. The maximum Gasteiger partial charge on any atom is 0.272 e. The van der Waals surface area contributed by atoms with E-state index in [0.29, 0.717) is 29.7 Å². The molecule has 0 atom stereocenters. The van der Waals surface area contributed by atoms with Crippen molar-refractivity contribution < 1.29 is 9.90 Å². The number of amides is 1. The van der Waals surface area contributed by atoms with Crippen LogP contribution in [0.3, 0.4) is 0 Å². The number of hydrogen-bond acceptors (Lipinski definition) is 3. The van der Waals surface area contributed by atoms with Gasteiger partial charge in [-0.15, -0.1) is 0 Å². The minimum atomic E-state index is -0.645. The summed E-state index contributed by atoms with van der Waals surface area (Å²) in [5.74, 6) is 0.233. The molecule has 0 bridgehead atoms. The van der Waals surface area contributed by atoms with Gasteiger partial charge in [-0.1, -0.05) is 11.6 Å². The second kappa shape index (κ2) is 3.68. The molecule has 2 aliphatic rings. The molecule has 90 valence electrons. The third kappa shape index (κ3) is 1.91. The molecule has 2 heterocycles. The molecule has 17 heavy (non-hydrogen) atoms. The molecule has 1 aliphatic carbocycles. The van der Waals surface area contributed by atoms with Crippen molar-refractivity contribution in [1.82, 2.24) is 9.88 Å². The van der Waals surface area contributed by atoms with Gasteiger partial charge in [0.05, 0.1) is 13.1 Å². The Labute approximate surface area is 104 Å². The molecule has 3 rings (SSSR count). The van der Waals surface area contributed by atoms with Crippen LogP contribution in [-0.2, 0) is 0 Å². The zero-order chi connectivity index (χ0) is 12.0. The van der Waals surface area contributed by atoms with Crippen molar-refractivity contribution in [3.63, 3.8) is 0 Å². The monoisotopic (exact) mass is 252 g/mol. The average molecular weight is 253 g/mol. The first-order chi connectivity index (χ1) is 8.08. The molecule has 0 radical (unpaired) electrons. The molecule has 1 amide bonds. The summed E-state index contributed by atoms with van der Waals surface area (Å²) in [4.78, 5) is 17.6. The second-order valence-electron chi connectivity index (χ2n) is 4.90. The summed E-state index contributed by atoms with van der Waals surface area (Å²) in [5.41, 5.74) is -0.302. The Balaban J connectivity index is 1.69. The van der Waals surface area contributed by atoms with E-state index in [9.17, 15) is 9.90 Å². The van der Waals surface area contributed by atoms with Gasteiger partial charge < -0.3 is 10.0 Å². The Hall–Kier alpha value is -1.13.